The number of nitrogens with two attached hydrogens (primary N) is 1. The molecular weight excluding hydrogens is 334 g/mol. The third-order valence-corrected chi connectivity index (χ3v) is 3.76. The lowest BCUT2D eigenvalue weighted by Crippen LogP contribution is -2.37. The van der Waals surface area contributed by atoms with Gasteiger partial charge in [-0.15, -0.1) is 0 Å². The van der Waals surface area contributed by atoms with Gasteiger partial charge in [0.25, 0.3) is 0 Å². The minimum atomic E-state index is -0.585. The lowest BCUT2D eigenvalue weighted by Gasteiger charge is -2.31. The summed E-state index contributed by atoms with van der Waals surface area (Å²) in [6.07, 6.45) is -0.585. The fraction of sp³-hybridized carbons (Fsp3) is 0.500. The van der Waals surface area contributed by atoms with Crippen LogP contribution in [0.15, 0.2) is 27.1 Å². The van der Waals surface area contributed by atoms with Crippen LogP contribution in [0.4, 0.5) is 0 Å². The number of halogens is 2. The molecule has 3 N–H and O–H groups in total. The lowest BCUT2D eigenvalue weighted by atomic mass is 9.82. The van der Waals surface area contributed by atoms with Crippen LogP contribution >= 0.6 is 31.9 Å². The second-order valence-corrected chi connectivity index (χ2v) is 6.77. The van der Waals surface area contributed by atoms with Crippen LogP contribution in [0.25, 0.3) is 0 Å². The van der Waals surface area contributed by atoms with E-state index in [1.165, 1.54) is 0 Å². The van der Waals surface area contributed by atoms with Crippen LogP contribution in [0.5, 0.6) is 0 Å². The zero-order valence-corrected chi connectivity index (χ0v) is 12.8. The summed E-state index contributed by atoms with van der Waals surface area (Å²) in [6, 6.07) is 5.40. The van der Waals surface area contributed by atoms with E-state index in [1.807, 2.05) is 39.0 Å². The van der Waals surface area contributed by atoms with Gasteiger partial charge in [-0.1, -0.05) is 52.6 Å². The highest BCUT2D eigenvalue weighted by atomic mass is 79.9. The molecule has 0 aromatic heterocycles. The Hall–Kier alpha value is 0.1000. The zero-order chi connectivity index (χ0) is 12.5. The summed E-state index contributed by atoms with van der Waals surface area (Å²) in [4.78, 5) is 0. The van der Waals surface area contributed by atoms with Crippen molar-refractivity contribution in [2.45, 2.75) is 32.9 Å². The Bertz CT molecular complexity index is 374. The molecule has 0 saturated carbocycles. The summed E-state index contributed by atoms with van der Waals surface area (Å²) >= 11 is 6.86. The highest BCUT2D eigenvalue weighted by Crippen LogP contribution is 2.33. The first-order valence-corrected chi connectivity index (χ1v) is 6.70. The molecule has 0 aliphatic carbocycles. The quantitative estimate of drug-likeness (QED) is 0.855. The minimum Gasteiger partial charge on any atom is -0.391 e. The molecule has 0 aliphatic rings. The Morgan fingerprint density at radius 3 is 2.31 bits per heavy atom. The average Bonchev–Trinajstić information content (AvgIpc) is 2.18. The summed E-state index contributed by atoms with van der Waals surface area (Å²) in [7, 11) is 0. The van der Waals surface area contributed by atoms with Crippen LogP contribution < -0.4 is 5.73 Å². The number of hydrogen-bond acceptors (Lipinski definition) is 2. The minimum absolute atomic E-state index is 0.235. The van der Waals surface area contributed by atoms with Crippen LogP contribution in [0, 0.1) is 5.41 Å². The number of benzene rings is 1. The van der Waals surface area contributed by atoms with Gasteiger partial charge < -0.3 is 10.8 Å². The standard InChI is InChI=1S/C12H17Br2NO/c1-12(2,3)11(16)10(15)8-6-7(13)4-5-9(8)14/h4-6,10-11,16H,15H2,1-3H3/t10-,11-/m0/s1. The van der Waals surface area contributed by atoms with E-state index in [9.17, 15) is 5.11 Å². The summed E-state index contributed by atoms with van der Waals surface area (Å²) in [5, 5.41) is 10.2. The van der Waals surface area contributed by atoms with Crippen LogP contribution in [-0.4, -0.2) is 11.2 Å². The first kappa shape index (κ1) is 14.2. The van der Waals surface area contributed by atoms with Crippen molar-refractivity contribution in [2.75, 3.05) is 0 Å². The molecule has 1 rings (SSSR count). The van der Waals surface area contributed by atoms with E-state index in [0.717, 1.165) is 14.5 Å². The second kappa shape index (κ2) is 5.17. The van der Waals surface area contributed by atoms with Crippen molar-refractivity contribution >= 4 is 31.9 Å². The Kier molecular flexibility index (Phi) is 4.57. The Morgan fingerprint density at radius 2 is 1.81 bits per heavy atom. The van der Waals surface area contributed by atoms with Gasteiger partial charge >= 0.3 is 0 Å². The monoisotopic (exact) mass is 349 g/mol. The van der Waals surface area contributed by atoms with Crippen molar-refractivity contribution in [1.82, 2.24) is 0 Å². The predicted octanol–water partition coefficient (Wildman–Crippen LogP) is 3.62. The maximum absolute atomic E-state index is 10.2. The molecule has 90 valence electrons. The molecule has 0 bridgehead atoms. The fourth-order valence-corrected chi connectivity index (χ4v) is 2.37. The third kappa shape index (κ3) is 3.29. The maximum Gasteiger partial charge on any atom is 0.0781 e. The first-order valence-electron chi connectivity index (χ1n) is 5.12. The van der Waals surface area contributed by atoms with Crippen LogP contribution in [0.1, 0.15) is 32.4 Å². The van der Waals surface area contributed by atoms with E-state index in [0.29, 0.717) is 0 Å². The molecule has 0 radical (unpaired) electrons. The van der Waals surface area contributed by atoms with Gasteiger partial charge in [0.1, 0.15) is 0 Å². The van der Waals surface area contributed by atoms with Crippen molar-refractivity contribution < 1.29 is 5.11 Å². The van der Waals surface area contributed by atoms with E-state index >= 15 is 0 Å². The van der Waals surface area contributed by atoms with E-state index < -0.39 is 12.1 Å². The molecule has 0 fully saturated rings. The lowest BCUT2D eigenvalue weighted by molar-refractivity contribution is 0.0399. The molecule has 1 aromatic rings. The summed E-state index contributed by atoms with van der Waals surface area (Å²) in [5.41, 5.74) is 6.77. The highest BCUT2D eigenvalue weighted by Gasteiger charge is 2.30. The molecule has 2 atom stereocenters. The molecule has 0 saturated heterocycles. The molecule has 2 nitrogen and oxygen atoms in total. The number of aliphatic hydroxyl groups excluding tert-OH is 1. The van der Waals surface area contributed by atoms with Crippen molar-refractivity contribution in [3.8, 4) is 0 Å². The van der Waals surface area contributed by atoms with Gasteiger partial charge in [-0.3, -0.25) is 0 Å². The summed E-state index contributed by atoms with van der Waals surface area (Å²) in [6.45, 7) is 5.93. The van der Waals surface area contributed by atoms with E-state index in [-0.39, 0.29) is 5.41 Å². The van der Waals surface area contributed by atoms with Gasteiger partial charge in [0.05, 0.1) is 12.1 Å². The normalized spacial score (nSPS) is 15.9. The molecule has 0 amide bonds. The zero-order valence-electron chi connectivity index (χ0n) is 9.67. The predicted molar refractivity (Wildman–Crippen MR) is 74.2 cm³/mol. The fourth-order valence-electron chi connectivity index (χ4n) is 1.48. The van der Waals surface area contributed by atoms with Crippen LogP contribution in [-0.2, 0) is 0 Å². The largest absolute Gasteiger partial charge is 0.391 e. The second-order valence-electron chi connectivity index (χ2n) is 5.00. The molecule has 1 aromatic carbocycles. The topological polar surface area (TPSA) is 46.2 Å². The maximum atomic E-state index is 10.2. The molecule has 0 spiro atoms. The Morgan fingerprint density at radius 1 is 1.25 bits per heavy atom. The average molecular weight is 351 g/mol. The van der Waals surface area contributed by atoms with Crippen molar-refractivity contribution in [3.05, 3.63) is 32.7 Å². The van der Waals surface area contributed by atoms with Gasteiger partial charge in [-0.25, -0.2) is 0 Å². The van der Waals surface area contributed by atoms with Crippen LogP contribution in [0.2, 0.25) is 0 Å². The van der Waals surface area contributed by atoms with Gasteiger partial charge in [0.15, 0.2) is 0 Å². The molecular formula is C12H17Br2NO. The summed E-state index contributed by atoms with van der Waals surface area (Å²) < 4.78 is 1.88. The third-order valence-electron chi connectivity index (χ3n) is 2.54. The first-order chi connectivity index (χ1) is 7.23. The smallest absolute Gasteiger partial charge is 0.0781 e. The van der Waals surface area contributed by atoms with Gasteiger partial charge in [-0.2, -0.15) is 0 Å². The molecule has 0 heterocycles. The van der Waals surface area contributed by atoms with Gasteiger partial charge in [0, 0.05) is 8.95 Å². The van der Waals surface area contributed by atoms with Crippen LogP contribution in [0.3, 0.4) is 0 Å². The molecule has 0 aliphatic heterocycles. The van der Waals surface area contributed by atoms with E-state index in [4.69, 9.17) is 5.73 Å². The SMILES string of the molecule is CC(C)(C)[C@@H](O)[C@@H](N)c1cc(Br)ccc1Br. The van der Waals surface area contributed by atoms with Gasteiger partial charge in [0.2, 0.25) is 0 Å². The van der Waals surface area contributed by atoms with Crippen molar-refractivity contribution in [3.63, 3.8) is 0 Å². The number of aliphatic hydroxyl groups is 1. The molecule has 0 unspecified atom stereocenters. The number of rotatable bonds is 2. The highest BCUT2D eigenvalue weighted by molar-refractivity contribution is 9.11. The van der Waals surface area contributed by atoms with E-state index in [2.05, 4.69) is 31.9 Å². The van der Waals surface area contributed by atoms with Crippen molar-refractivity contribution in [1.29, 1.82) is 0 Å². The molecule has 4 heteroatoms. The Balaban J connectivity index is 3.05. The van der Waals surface area contributed by atoms with Crippen molar-refractivity contribution in [2.24, 2.45) is 11.1 Å². The molecule has 16 heavy (non-hydrogen) atoms. The van der Waals surface area contributed by atoms with E-state index in [1.54, 1.807) is 0 Å². The Labute approximate surface area is 113 Å². The summed E-state index contributed by atoms with van der Waals surface area (Å²) in [5.74, 6) is 0. The number of hydrogen-bond donors (Lipinski definition) is 2. The van der Waals surface area contributed by atoms with Gasteiger partial charge in [-0.05, 0) is 29.2 Å².